The molecule has 0 aromatic heterocycles. The Balaban J connectivity index is 2.60. The van der Waals surface area contributed by atoms with Gasteiger partial charge in [0, 0.05) is 18.6 Å². The molecule has 0 heterocycles. The van der Waals surface area contributed by atoms with Crippen molar-refractivity contribution in [2.45, 2.75) is 66.2 Å². The average molecular weight is 320 g/mol. The fourth-order valence-corrected chi connectivity index (χ4v) is 2.05. The Bertz CT molecular complexity index is 503. The van der Waals surface area contributed by atoms with E-state index in [2.05, 4.69) is 62.6 Å². The molecule has 0 aliphatic rings. The number of aryl methyl sites for hydroxylation is 1. The molecule has 1 aromatic rings. The molecule has 1 rings (SSSR count). The molecule has 0 aliphatic carbocycles. The van der Waals surface area contributed by atoms with E-state index in [0.29, 0.717) is 12.5 Å². The van der Waals surface area contributed by atoms with Crippen LogP contribution in [0.25, 0.3) is 0 Å². The highest BCUT2D eigenvalue weighted by atomic mass is 16.6. The summed E-state index contributed by atoms with van der Waals surface area (Å²) < 4.78 is 5.31. The Morgan fingerprint density at radius 3 is 2.17 bits per heavy atom. The lowest BCUT2D eigenvalue weighted by Crippen LogP contribution is -2.55. The summed E-state index contributed by atoms with van der Waals surface area (Å²) >= 11 is 0. The molecule has 130 valence electrons. The molecular weight excluding hydrogens is 288 g/mol. The summed E-state index contributed by atoms with van der Waals surface area (Å²) in [6.07, 6.45) is -0.374. The van der Waals surface area contributed by atoms with Crippen molar-refractivity contribution in [2.24, 2.45) is 5.92 Å². The van der Waals surface area contributed by atoms with Crippen molar-refractivity contribution in [3.63, 3.8) is 0 Å². The van der Waals surface area contributed by atoms with Crippen LogP contribution in [0.15, 0.2) is 24.3 Å². The third-order valence-corrected chi connectivity index (χ3v) is 4.09. The maximum atomic E-state index is 11.9. The van der Waals surface area contributed by atoms with Gasteiger partial charge in [0.25, 0.3) is 0 Å². The molecule has 4 heteroatoms. The second-order valence-corrected chi connectivity index (χ2v) is 7.77. The normalized spacial score (nSPS) is 14.4. The molecule has 0 spiro atoms. The summed E-state index contributed by atoms with van der Waals surface area (Å²) in [4.78, 5) is 11.9. The zero-order chi connectivity index (χ0) is 17.7. The number of carbonyl (C=O) groups is 1. The molecule has 1 unspecified atom stereocenters. The van der Waals surface area contributed by atoms with Crippen LogP contribution in [0.1, 0.15) is 52.7 Å². The Morgan fingerprint density at radius 2 is 1.70 bits per heavy atom. The van der Waals surface area contributed by atoms with Gasteiger partial charge in [0.1, 0.15) is 5.60 Å². The number of alkyl carbamates (subject to hydrolysis) is 1. The number of ether oxygens (including phenoxy) is 1. The summed E-state index contributed by atoms with van der Waals surface area (Å²) in [6.45, 7) is 15.4. The molecule has 0 saturated carbocycles. The van der Waals surface area contributed by atoms with Crippen LogP contribution in [0.3, 0.4) is 0 Å². The Hall–Kier alpha value is -1.55. The summed E-state index contributed by atoms with van der Waals surface area (Å²) in [7, 11) is 0. The Kier molecular flexibility index (Phi) is 6.63. The van der Waals surface area contributed by atoms with E-state index in [1.165, 1.54) is 11.1 Å². The monoisotopic (exact) mass is 320 g/mol. The first-order valence-electron chi connectivity index (χ1n) is 8.29. The summed E-state index contributed by atoms with van der Waals surface area (Å²) in [6, 6.07) is 8.49. The van der Waals surface area contributed by atoms with Crippen molar-refractivity contribution in [3.05, 3.63) is 35.4 Å². The highest BCUT2D eigenvalue weighted by Crippen LogP contribution is 2.17. The minimum absolute atomic E-state index is 0.207. The SMILES string of the molecule is Cc1ccc(CNC(C)(CNC(=O)OC(C)(C)C)C(C)C)cc1. The van der Waals surface area contributed by atoms with E-state index in [1.54, 1.807) is 0 Å². The highest BCUT2D eigenvalue weighted by molar-refractivity contribution is 5.67. The number of benzene rings is 1. The van der Waals surface area contributed by atoms with Crippen molar-refractivity contribution >= 4 is 6.09 Å². The number of rotatable bonds is 6. The van der Waals surface area contributed by atoms with Crippen molar-refractivity contribution in [2.75, 3.05) is 6.54 Å². The van der Waals surface area contributed by atoms with E-state index in [4.69, 9.17) is 4.74 Å². The van der Waals surface area contributed by atoms with Crippen LogP contribution in [0.5, 0.6) is 0 Å². The van der Waals surface area contributed by atoms with Crippen LogP contribution < -0.4 is 10.6 Å². The van der Waals surface area contributed by atoms with Gasteiger partial charge in [-0.15, -0.1) is 0 Å². The van der Waals surface area contributed by atoms with Gasteiger partial charge in [-0.25, -0.2) is 4.79 Å². The maximum absolute atomic E-state index is 11.9. The quantitative estimate of drug-likeness (QED) is 0.832. The molecule has 0 saturated heterocycles. The number of nitrogens with one attached hydrogen (secondary N) is 2. The molecule has 4 nitrogen and oxygen atoms in total. The molecule has 2 N–H and O–H groups in total. The second kappa shape index (κ2) is 7.82. The lowest BCUT2D eigenvalue weighted by Gasteiger charge is -2.35. The van der Waals surface area contributed by atoms with E-state index in [-0.39, 0.29) is 11.6 Å². The third-order valence-electron chi connectivity index (χ3n) is 4.09. The van der Waals surface area contributed by atoms with Crippen LogP contribution in [-0.2, 0) is 11.3 Å². The van der Waals surface area contributed by atoms with Gasteiger partial charge in [0.2, 0.25) is 0 Å². The molecule has 1 aromatic carbocycles. The van der Waals surface area contributed by atoms with Crippen LogP contribution in [0, 0.1) is 12.8 Å². The van der Waals surface area contributed by atoms with Crippen LogP contribution >= 0.6 is 0 Å². The smallest absolute Gasteiger partial charge is 0.407 e. The molecule has 1 atom stereocenters. The van der Waals surface area contributed by atoms with E-state index in [1.807, 2.05) is 20.8 Å². The molecule has 0 radical (unpaired) electrons. The second-order valence-electron chi connectivity index (χ2n) is 7.77. The zero-order valence-electron chi connectivity index (χ0n) is 15.6. The van der Waals surface area contributed by atoms with E-state index in [9.17, 15) is 4.79 Å². The van der Waals surface area contributed by atoms with Crippen molar-refractivity contribution < 1.29 is 9.53 Å². The van der Waals surface area contributed by atoms with Gasteiger partial charge in [-0.05, 0) is 46.1 Å². The van der Waals surface area contributed by atoms with Crippen LogP contribution in [0.2, 0.25) is 0 Å². The first kappa shape index (κ1) is 19.5. The van der Waals surface area contributed by atoms with Gasteiger partial charge in [0.15, 0.2) is 0 Å². The molecule has 23 heavy (non-hydrogen) atoms. The lowest BCUT2D eigenvalue weighted by molar-refractivity contribution is 0.0503. The van der Waals surface area contributed by atoms with Crippen molar-refractivity contribution in [1.82, 2.24) is 10.6 Å². The Morgan fingerprint density at radius 1 is 1.13 bits per heavy atom. The number of hydrogen-bond donors (Lipinski definition) is 2. The van der Waals surface area contributed by atoms with Crippen LogP contribution in [0.4, 0.5) is 4.79 Å². The van der Waals surface area contributed by atoms with Gasteiger partial charge in [0.05, 0.1) is 0 Å². The summed E-state index contributed by atoms with van der Waals surface area (Å²) in [5.41, 5.74) is 1.81. The van der Waals surface area contributed by atoms with Gasteiger partial charge in [-0.3, -0.25) is 0 Å². The molecule has 0 bridgehead atoms. The zero-order valence-corrected chi connectivity index (χ0v) is 15.6. The van der Waals surface area contributed by atoms with E-state index in [0.717, 1.165) is 6.54 Å². The minimum Gasteiger partial charge on any atom is -0.444 e. The molecule has 1 amide bonds. The van der Waals surface area contributed by atoms with Gasteiger partial charge in [-0.1, -0.05) is 43.7 Å². The minimum atomic E-state index is -0.479. The predicted molar refractivity (Wildman–Crippen MR) is 95.5 cm³/mol. The summed E-state index contributed by atoms with van der Waals surface area (Å²) in [5, 5.41) is 6.46. The third kappa shape index (κ3) is 7.04. The fourth-order valence-electron chi connectivity index (χ4n) is 2.05. The predicted octanol–water partition coefficient (Wildman–Crippen LogP) is 4.02. The van der Waals surface area contributed by atoms with Crippen LogP contribution in [-0.4, -0.2) is 23.8 Å². The average Bonchev–Trinajstić information content (AvgIpc) is 2.42. The van der Waals surface area contributed by atoms with Crippen molar-refractivity contribution in [1.29, 1.82) is 0 Å². The maximum Gasteiger partial charge on any atom is 0.407 e. The highest BCUT2D eigenvalue weighted by Gasteiger charge is 2.29. The van der Waals surface area contributed by atoms with Gasteiger partial charge < -0.3 is 15.4 Å². The summed E-state index contributed by atoms with van der Waals surface area (Å²) in [5.74, 6) is 0.364. The van der Waals surface area contributed by atoms with E-state index >= 15 is 0 Å². The number of carbonyl (C=O) groups excluding carboxylic acids is 1. The standard InChI is InChI=1S/C19H32N2O2/c1-14(2)19(7,13-20-17(22)23-18(4,5)6)21-12-16-10-8-15(3)9-11-16/h8-11,14,21H,12-13H2,1-7H3,(H,20,22). The molecular formula is C19H32N2O2. The first-order valence-corrected chi connectivity index (χ1v) is 8.29. The number of hydrogen-bond acceptors (Lipinski definition) is 3. The topological polar surface area (TPSA) is 50.4 Å². The fraction of sp³-hybridized carbons (Fsp3) is 0.632. The Labute approximate surface area is 141 Å². The lowest BCUT2D eigenvalue weighted by atomic mass is 9.88. The largest absolute Gasteiger partial charge is 0.444 e. The molecule has 0 fully saturated rings. The van der Waals surface area contributed by atoms with E-state index < -0.39 is 5.60 Å². The van der Waals surface area contributed by atoms with Crippen molar-refractivity contribution in [3.8, 4) is 0 Å². The first-order chi connectivity index (χ1) is 10.5. The van der Waals surface area contributed by atoms with Gasteiger partial charge >= 0.3 is 6.09 Å². The number of amides is 1. The molecule has 0 aliphatic heterocycles. The van der Waals surface area contributed by atoms with Gasteiger partial charge in [-0.2, -0.15) is 0 Å².